The summed E-state index contributed by atoms with van der Waals surface area (Å²) in [5.41, 5.74) is 0. The third-order valence-corrected chi connectivity index (χ3v) is 3.26. The van der Waals surface area contributed by atoms with E-state index in [1.165, 1.54) is 0 Å². The first-order chi connectivity index (χ1) is 13.5. The summed E-state index contributed by atoms with van der Waals surface area (Å²) < 4.78 is 0. The van der Waals surface area contributed by atoms with E-state index in [4.69, 9.17) is 0 Å². The summed E-state index contributed by atoms with van der Waals surface area (Å²) in [7, 11) is 0. The van der Waals surface area contributed by atoms with Crippen LogP contribution in [0.15, 0.2) is 140 Å². The third-order valence-electron chi connectivity index (χ3n) is 3.26. The molecule has 0 aromatic carbocycles. The van der Waals surface area contributed by atoms with Crippen LogP contribution in [0.25, 0.3) is 0 Å². The Hall–Kier alpha value is -3.12. The van der Waals surface area contributed by atoms with E-state index in [1.54, 1.807) is 0 Å². The van der Waals surface area contributed by atoms with Gasteiger partial charge < -0.3 is 0 Å². The van der Waals surface area contributed by atoms with Crippen molar-refractivity contribution in [2.24, 2.45) is 0 Å². The van der Waals surface area contributed by atoms with Crippen LogP contribution >= 0.6 is 0 Å². The van der Waals surface area contributed by atoms with Gasteiger partial charge in [0.05, 0.1) is 0 Å². The van der Waals surface area contributed by atoms with Crippen LogP contribution in [-0.4, -0.2) is 0 Å². The van der Waals surface area contributed by atoms with Crippen LogP contribution in [0, 0.1) is 6.08 Å². The molecule has 0 amide bonds. The van der Waals surface area contributed by atoms with E-state index in [2.05, 4.69) is 24.3 Å². The van der Waals surface area contributed by atoms with Crippen LogP contribution in [0.2, 0.25) is 0 Å². The van der Waals surface area contributed by atoms with Crippen LogP contribution in [-0.2, 0) is 0 Å². The van der Waals surface area contributed by atoms with E-state index in [9.17, 15) is 0 Å². The highest BCUT2D eigenvalue weighted by Gasteiger charge is 1.79. The lowest BCUT2D eigenvalue weighted by molar-refractivity contribution is 0.855. The molecule has 0 spiro atoms. The van der Waals surface area contributed by atoms with E-state index in [0.29, 0.717) is 0 Å². The molecule has 0 unspecified atom stereocenters. The minimum absolute atomic E-state index is 0.980. The Labute approximate surface area is 165 Å². The lowest BCUT2D eigenvalue weighted by Gasteiger charge is -1.87. The molecule has 0 aromatic heterocycles. The zero-order valence-corrected chi connectivity index (χ0v) is 15.9. The summed E-state index contributed by atoms with van der Waals surface area (Å²) in [6.07, 6.45) is 53.0. The van der Waals surface area contributed by atoms with E-state index in [-0.39, 0.29) is 0 Å². The molecular weight excluding hydrogens is 324 g/mol. The maximum Gasteiger partial charge on any atom is -0.0273 e. The molecule has 0 fully saturated rings. The molecule has 0 heteroatoms. The molecule has 0 heterocycles. The van der Waals surface area contributed by atoms with Gasteiger partial charge in [0.25, 0.3) is 0 Å². The van der Waals surface area contributed by atoms with Crippen LogP contribution < -0.4 is 0 Å². The molecule has 0 aromatic rings. The first-order valence-corrected chi connectivity index (χ1v) is 9.38. The topological polar surface area (TPSA) is 0 Å². The van der Waals surface area contributed by atoms with Crippen LogP contribution in [0.5, 0.6) is 0 Å². The van der Waals surface area contributed by atoms with Gasteiger partial charge in [-0.1, -0.05) is 140 Å². The van der Waals surface area contributed by atoms with Crippen molar-refractivity contribution in [2.75, 3.05) is 0 Å². The fourth-order valence-corrected chi connectivity index (χ4v) is 1.92. The Morgan fingerprint density at radius 1 is 0.370 bits per heavy atom. The molecule has 1 radical (unpaired) electrons. The number of hydrogen-bond donors (Lipinski definition) is 0. The number of hydrogen-bond acceptors (Lipinski definition) is 0. The third kappa shape index (κ3) is 17.5. The molecule has 1 aliphatic carbocycles. The van der Waals surface area contributed by atoms with Crippen molar-refractivity contribution in [3.63, 3.8) is 0 Å². The van der Waals surface area contributed by atoms with E-state index >= 15 is 0 Å². The molecule has 0 atom stereocenters. The van der Waals surface area contributed by atoms with Gasteiger partial charge in [-0.2, -0.15) is 0 Å². The average Bonchev–Trinajstić information content (AvgIpc) is 2.68. The van der Waals surface area contributed by atoms with Gasteiger partial charge in [0.1, 0.15) is 0 Å². The summed E-state index contributed by atoms with van der Waals surface area (Å²) >= 11 is 0. The van der Waals surface area contributed by atoms with Crippen molar-refractivity contribution in [1.82, 2.24) is 0 Å². The quantitative estimate of drug-likeness (QED) is 0.419. The minimum atomic E-state index is 0.980. The summed E-state index contributed by atoms with van der Waals surface area (Å²) in [6, 6.07) is 0. The van der Waals surface area contributed by atoms with Crippen molar-refractivity contribution in [3.05, 3.63) is 146 Å². The van der Waals surface area contributed by atoms with Gasteiger partial charge in [-0.25, -0.2) is 0 Å². The second-order valence-corrected chi connectivity index (χ2v) is 5.54. The smallest absolute Gasteiger partial charge is 0.0273 e. The first-order valence-electron chi connectivity index (χ1n) is 9.38. The van der Waals surface area contributed by atoms with Gasteiger partial charge in [-0.05, 0) is 25.3 Å². The molecule has 0 N–H and O–H groups in total. The summed E-state index contributed by atoms with van der Waals surface area (Å²) in [5, 5.41) is 0. The monoisotopic (exact) mass is 353 g/mol. The Balaban J connectivity index is 2.58. The Morgan fingerprint density at radius 3 is 1.11 bits per heavy atom. The molecular formula is C27H29. The van der Waals surface area contributed by atoms with Gasteiger partial charge >= 0.3 is 0 Å². The Kier molecular flexibility index (Phi) is 15.6. The van der Waals surface area contributed by atoms with Gasteiger partial charge in [0, 0.05) is 0 Å². The summed E-state index contributed by atoms with van der Waals surface area (Å²) in [4.78, 5) is 0. The lowest BCUT2D eigenvalue weighted by Crippen LogP contribution is -1.68. The molecule has 0 aliphatic heterocycles. The standard InChI is InChI=1S/C27H29/c1-2-4-6-8-10-12-14-16-18-20-22-24-26-27-25-23-21-19-17-15-13-11-9-7-5-3-1/h1-23H,24,26-27H2/b2-1+,5-3+,6-4+,9-7-,10-8+,13-11+,14-12-,17-15+,18-16+,21-19+,22-20+,25-23?. The second-order valence-electron chi connectivity index (χ2n) is 5.54. The van der Waals surface area contributed by atoms with E-state index < -0.39 is 0 Å². The highest BCUT2D eigenvalue weighted by molar-refractivity contribution is 5.23. The SMILES string of the molecule is [C]1=C/C=C/C=C/C=C/C=C\C=C\C=C\C=C\C=C\C=C/C=C/C=C/CCC/1. The maximum absolute atomic E-state index is 3.29. The van der Waals surface area contributed by atoms with Crippen molar-refractivity contribution in [3.8, 4) is 0 Å². The molecule has 0 nitrogen and oxygen atoms in total. The zero-order valence-electron chi connectivity index (χ0n) is 15.9. The minimum Gasteiger partial charge on any atom is -0.0845 e. The molecule has 0 bridgehead atoms. The lowest BCUT2D eigenvalue weighted by atomic mass is 10.2. The van der Waals surface area contributed by atoms with Crippen molar-refractivity contribution < 1.29 is 0 Å². The van der Waals surface area contributed by atoms with Crippen LogP contribution in [0.1, 0.15) is 19.3 Å². The molecule has 1 rings (SSSR count). The fourth-order valence-electron chi connectivity index (χ4n) is 1.92. The van der Waals surface area contributed by atoms with Gasteiger partial charge in [-0.15, -0.1) is 0 Å². The van der Waals surface area contributed by atoms with Gasteiger partial charge in [0.15, 0.2) is 0 Å². The van der Waals surface area contributed by atoms with Gasteiger partial charge in [0.2, 0.25) is 0 Å². The predicted octanol–water partition coefficient (Wildman–Crippen LogP) is 7.65. The van der Waals surface area contributed by atoms with Crippen molar-refractivity contribution in [2.45, 2.75) is 19.3 Å². The highest BCUT2D eigenvalue weighted by atomic mass is 13.8. The number of allylic oxidation sites excluding steroid dienone is 24. The molecule has 27 heavy (non-hydrogen) atoms. The molecule has 137 valence electrons. The highest BCUT2D eigenvalue weighted by Crippen LogP contribution is 1.98. The maximum atomic E-state index is 3.29. The summed E-state index contributed by atoms with van der Waals surface area (Å²) in [5.74, 6) is 0. The summed E-state index contributed by atoms with van der Waals surface area (Å²) in [6.45, 7) is 0. The molecule has 0 saturated carbocycles. The fraction of sp³-hybridized carbons (Fsp3) is 0.111. The van der Waals surface area contributed by atoms with Crippen LogP contribution in [0.4, 0.5) is 0 Å². The normalized spacial score (nSPS) is 31.1. The first kappa shape index (κ1) is 21.9. The van der Waals surface area contributed by atoms with Crippen molar-refractivity contribution >= 4 is 0 Å². The molecule has 0 saturated heterocycles. The van der Waals surface area contributed by atoms with Crippen LogP contribution in [0.3, 0.4) is 0 Å². The second kappa shape index (κ2) is 19.2. The van der Waals surface area contributed by atoms with E-state index in [1.807, 2.05) is 122 Å². The Morgan fingerprint density at radius 2 is 0.704 bits per heavy atom. The largest absolute Gasteiger partial charge is 0.0845 e. The predicted molar refractivity (Wildman–Crippen MR) is 122 cm³/mol. The average molecular weight is 354 g/mol. The number of rotatable bonds is 0. The Bertz CT molecular complexity index is 643. The van der Waals surface area contributed by atoms with Gasteiger partial charge in [-0.3, -0.25) is 0 Å². The zero-order chi connectivity index (χ0) is 19.1. The van der Waals surface area contributed by atoms with E-state index in [0.717, 1.165) is 19.3 Å². The molecule has 1 aliphatic rings. The van der Waals surface area contributed by atoms with Crippen molar-refractivity contribution in [1.29, 1.82) is 0 Å².